The summed E-state index contributed by atoms with van der Waals surface area (Å²) in [6, 6.07) is 4.34. The summed E-state index contributed by atoms with van der Waals surface area (Å²) in [6.07, 6.45) is -4.21. The normalized spacial score (nSPS) is 16.6. The zero-order valence-corrected chi connectivity index (χ0v) is 31.0. The van der Waals surface area contributed by atoms with Crippen molar-refractivity contribution in [2.45, 2.75) is 57.7 Å². The van der Waals surface area contributed by atoms with E-state index in [1.807, 2.05) is 0 Å². The van der Waals surface area contributed by atoms with Gasteiger partial charge in [0.1, 0.15) is 30.1 Å². The smallest absolute Gasteiger partial charge is 0.416 e. The van der Waals surface area contributed by atoms with Gasteiger partial charge in [-0.3, -0.25) is 14.4 Å². The zero-order valence-electron chi connectivity index (χ0n) is 30.2. The number of anilines is 1. The number of carbonyl (C=O) groups excluding carboxylic acids is 2. The Balaban J connectivity index is 1.31. The molecule has 56 heavy (non-hydrogen) atoms. The molecule has 1 unspecified atom stereocenters. The second-order valence-electron chi connectivity index (χ2n) is 13.9. The Hall–Kier alpha value is -5.53. The van der Waals surface area contributed by atoms with Crippen LogP contribution in [0.4, 0.5) is 27.6 Å². The number of rotatable bonds is 7. The molecule has 5 heterocycles. The van der Waals surface area contributed by atoms with Gasteiger partial charge in [-0.15, -0.1) is 5.10 Å². The van der Waals surface area contributed by atoms with Crippen LogP contribution in [-0.4, -0.2) is 83.0 Å². The van der Waals surface area contributed by atoms with Gasteiger partial charge < -0.3 is 29.5 Å². The Morgan fingerprint density at radius 2 is 1.82 bits per heavy atom. The van der Waals surface area contributed by atoms with Crippen molar-refractivity contribution >= 4 is 34.9 Å². The third-order valence-electron chi connectivity index (χ3n) is 9.83. The van der Waals surface area contributed by atoms with Gasteiger partial charge >= 0.3 is 6.18 Å². The number of benzene rings is 2. The number of aromatic hydroxyl groups is 1. The lowest BCUT2D eigenvalue weighted by atomic mass is 9.85. The van der Waals surface area contributed by atoms with Crippen molar-refractivity contribution in [1.29, 1.82) is 0 Å². The summed E-state index contributed by atoms with van der Waals surface area (Å²) in [5, 5.41) is 16.8. The summed E-state index contributed by atoms with van der Waals surface area (Å²) in [5.74, 6) is -3.91. The molecule has 0 aliphatic carbocycles. The number of alkyl halides is 3. The molecule has 2 aliphatic rings. The lowest BCUT2D eigenvalue weighted by Crippen LogP contribution is -2.47. The van der Waals surface area contributed by atoms with E-state index in [-0.39, 0.29) is 94.3 Å². The number of aryl methyl sites for hydroxylation is 1. The van der Waals surface area contributed by atoms with Crippen LogP contribution < -0.4 is 10.9 Å². The van der Waals surface area contributed by atoms with Crippen molar-refractivity contribution in [3.8, 4) is 17.1 Å². The highest BCUT2D eigenvalue weighted by atomic mass is 35.5. The van der Waals surface area contributed by atoms with Gasteiger partial charge in [-0.1, -0.05) is 11.6 Å². The highest BCUT2D eigenvalue weighted by Crippen LogP contribution is 2.48. The molecule has 20 heteroatoms. The lowest BCUT2D eigenvalue weighted by Gasteiger charge is -2.39. The molecule has 0 bridgehead atoms. The molecule has 1 atom stereocenters. The largest absolute Gasteiger partial charge is 0.504 e. The first-order chi connectivity index (χ1) is 26.4. The number of hydrogen-bond donors (Lipinski definition) is 2. The molecule has 1 saturated heterocycles. The van der Waals surface area contributed by atoms with Crippen LogP contribution in [0.3, 0.4) is 0 Å². The van der Waals surface area contributed by atoms with E-state index in [1.165, 1.54) is 16.4 Å². The van der Waals surface area contributed by atoms with Crippen LogP contribution in [0.15, 0.2) is 41.5 Å². The van der Waals surface area contributed by atoms with Crippen LogP contribution in [0.25, 0.3) is 17.2 Å². The van der Waals surface area contributed by atoms with Crippen molar-refractivity contribution in [3.63, 3.8) is 0 Å². The molecule has 1 spiro atoms. The fourth-order valence-electron chi connectivity index (χ4n) is 7.21. The molecule has 2 aliphatic heterocycles. The summed E-state index contributed by atoms with van der Waals surface area (Å²) in [7, 11) is 3.38. The fourth-order valence-corrected chi connectivity index (χ4v) is 7.43. The van der Waals surface area contributed by atoms with Gasteiger partial charge in [-0.05, 0) is 71.1 Å². The molecule has 1 fully saturated rings. The molecule has 7 rings (SSSR count). The van der Waals surface area contributed by atoms with E-state index in [0.29, 0.717) is 6.07 Å². The molecule has 5 aromatic rings. The van der Waals surface area contributed by atoms with Gasteiger partial charge in [-0.25, -0.2) is 18.7 Å². The topological polar surface area (TPSA) is 160 Å². The second-order valence-corrected chi connectivity index (χ2v) is 14.3. The third kappa shape index (κ3) is 6.83. The molecule has 0 saturated carbocycles. The van der Waals surface area contributed by atoms with Crippen molar-refractivity contribution in [2.24, 2.45) is 0 Å². The molecule has 14 nitrogen and oxygen atoms in total. The SMILES string of the molecule is Cc1ncnc(C(=O)N2CCC3(CC2)OC(C)c2c3c(=O)n3nc(-c4cc(F)c(CN(C)C)cc4F)nc3n2CC(=O)Nc2ccc(C(F)(F)F)cc2Cl)c1O. The molecule has 2 N–H and O–H groups in total. The predicted octanol–water partition coefficient (Wildman–Crippen LogP) is 5.24. The third-order valence-corrected chi connectivity index (χ3v) is 10.1. The van der Waals surface area contributed by atoms with E-state index in [1.54, 1.807) is 25.9 Å². The molecule has 2 aromatic carbocycles. The maximum atomic E-state index is 15.6. The Bertz CT molecular complexity index is 2480. The first-order valence-electron chi connectivity index (χ1n) is 17.2. The van der Waals surface area contributed by atoms with E-state index in [4.69, 9.17) is 16.3 Å². The molecule has 3 aromatic heterocycles. The van der Waals surface area contributed by atoms with Crippen LogP contribution >= 0.6 is 11.6 Å². The first-order valence-corrected chi connectivity index (χ1v) is 17.6. The van der Waals surface area contributed by atoms with Crippen LogP contribution in [0, 0.1) is 18.6 Å². The van der Waals surface area contributed by atoms with Crippen LogP contribution in [0.5, 0.6) is 5.75 Å². The van der Waals surface area contributed by atoms with Crippen molar-refractivity contribution in [2.75, 3.05) is 32.5 Å². The standard InChI is InChI=1S/C36H33ClF5N9O5/c1-17-30(53)28(44-16-43-17)33(55)49-9-7-35(8-10-49)27-29(18(2)56-35)50(15-26(52)45-25-6-5-20(12-22(25)37)36(40,41)42)34-46-31(47-51(34)32(27)54)21-13-23(38)19(11-24(21)39)14-48(3)4/h5-6,11-13,16,18,53H,7-10,14-15H2,1-4H3,(H,45,52). The maximum Gasteiger partial charge on any atom is 0.416 e. The van der Waals surface area contributed by atoms with E-state index in [2.05, 4.69) is 25.4 Å². The van der Waals surface area contributed by atoms with E-state index < -0.39 is 59.0 Å². The monoisotopic (exact) mass is 801 g/mol. The van der Waals surface area contributed by atoms with Crippen LogP contribution in [-0.2, 0) is 34.4 Å². The van der Waals surface area contributed by atoms with E-state index in [0.717, 1.165) is 35.1 Å². The summed E-state index contributed by atoms with van der Waals surface area (Å²) >= 11 is 6.11. The van der Waals surface area contributed by atoms with Gasteiger partial charge in [0.05, 0.1) is 44.9 Å². The number of aromatic nitrogens is 6. The summed E-state index contributed by atoms with van der Waals surface area (Å²) < 4.78 is 79.3. The van der Waals surface area contributed by atoms with Gasteiger partial charge in [0, 0.05) is 25.2 Å². The summed E-state index contributed by atoms with van der Waals surface area (Å²) in [4.78, 5) is 56.8. The van der Waals surface area contributed by atoms with Gasteiger partial charge in [0.2, 0.25) is 11.7 Å². The number of nitrogens with one attached hydrogen (secondary N) is 1. The Morgan fingerprint density at radius 1 is 1.11 bits per heavy atom. The minimum atomic E-state index is -4.68. The van der Waals surface area contributed by atoms with Crippen molar-refractivity contribution in [3.05, 3.63) is 97.4 Å². The Labute approximate surface area is 319 Å². The maximum absolute atomic E-state index is 15.6. The summed E-state index contributed by atoms with van der Waals surface area (Å²) in [6.45, 7) is 2.78. The Morgan fingerprint density at radius 3 is 2.48 bits per heavy atom. The minimum Gasteiger partial charge on any atom is -0.504 e. The molecular weight excluding hydrogens is 769 g/mol. The van der Waals surface area contributed by atoms with E-state index >= 15 is 8.78 Å². The fraction of sp³-hybridized carbons (Fsp3) is 0.361. The molecule has 0 radical (unpaired) electrons. The van der Waals surface area contributed by atoms with Crippen molar-refractivity contribution in [1.82, 2.24) is 38.9 Å². The van der Waals surface area contributed by atoms with Crippen LogP contribution in [0.2, 0.25) is 5.02 Å². The quantitative estimate of drug-likeness (QED) is 0.209. The average Bonchev–Trinajstić information content (AvgIpc) is 3.69. The predicted molar refractivity (Wildman–Crippen MR) is 190 cm³/mol. The number of piperidine rings is 1. The second kappa shape index (κ2) is 14.2. The number of ether oxygens (including phenoxy) is 1. The van der Waals surface area contributed by atoms with Gasteiger partial charge in [0.15, 0.2) is 17.3 Å². The number of fused-ring (bicyclic) bond motifs is 3. The van der Waals surface area contributed by atoms with Crippen LogP contribution in [0.1, 0.15) is 64.4 Å². The Kier molecular flexibility index (Phi) is 9.82. The number of likely N-dealkylation sites (tertiary alicyclic amines) is 1. The molecular formula is C36H33ClF5N9O5. The lowest BCUT2D eigenvalue weighted by molar-refractivity contribution is -0.137. The number of hydrogen-bond acceptors (Lipinski definition) is 10. The summed E-state index contributed by atoms with van der Waals surface area (Å²) in [5.41, 5.74) is -3.13. The van der Waals surface area contributed by atoms with Gasteiger partial charge in [-0.2, -0.15) is 22.7 Å². The molecule has 2 amide bonds. The van der Waals surface area contributed by atoms with E-state index in [9.17, 15) is 32.7 Å². The number of nitrogens with zero attached hydrogens (tertiary/aromatic N) is 8. The highest BCUT2D eigenvalue weighted by Gasteiger charge is 2.51. The van der Waals surface area contributed by atoms with Gasteiger partial charge in [0.25, 0.3) is 11.5 Å². The minimum absolute atomic E-state index is 0.0598. The number of amides is 2. The number of carbonyl (C=O) groups is 2. The average molecular weight is 802 g/mol. The number of halogens is 6. The molecule has 294 valence electrons. The first kappa shape index (κ1) is 38.7. The highest BCUT2D eigenvalue weighted by molar-refractivity contribution is 6.33. The zero-order chi connectivity index (χ0) is 40.4. The van der Waals surface area contributed by atoms with Crippen molar-refractivity contribution < 1.29 is 41.4 Å².